The zero-order valence-electron chi connectivity index (χ0n) is 21.6. The quantitative estimate of drug-likeness (QED) is 0.484. The summed E-state index contributed by atoms with van der Waals surface area (Å²) in [6.07, 6.45) is 7.97. The van der Waals surface area contributed by atoms with Crippen molar-refractivity contribution >= 4 is 17.5 Å². The lowest BCUT2D eigenvalue weighted by atomic mass is 10.00. The molecule has 9 heteroatoms. The van der Waals surface area contributed by atoms with Crippen molar-refractivity contribution in [1.29, 1.82) is 0 Å². The smallest absolute Gasteiger partial charge is 0.251 e. The van der Waals surface area contributed by atoms with Crippen LogP contribution in [0.3, 0.4) is 0 Å². The summed E-state index contributed by atoms with van der Waals surface area (Å²) < 4.78 is 1.93. The van der Waals surface area contributed by atoms with Crippen LogP contribution in [0.1, 0.15) is 56.3 Å². The van der Waals surface area contributed by atoms with Crippen molar-refractivity contribution in [3.8, 4) is 11.3 Å². The Morgan fingerprint density at radius 2 is 2.00 bits per heavy atom. The summed E-state index contributed by atoms with van der Waals surface area (Å²) in [4.78, 5) is 22.0. The average Bonchev–Trinajstić information content (AvgIpc) is 3.31. The fraction of sp³-hybridized carbons (Fsp3) is 0.462. The first-order valence-corrected chi connectivity index (χ1v) is 12.3. The number of hydrazine groups is 2. The Balaban J connectivity index is 1.54. The fourth-order valence-electron chi connectivity index (χ4n) is 4.40. The molecule has 1 aliphatic heterocycles. The molecule has 1 aliphatic rings. The van der Waals surface area contributed by atoms with Crippen LogP contribution in [-0.4, -0.2) is 61.4 Å². The minimum absolute atomic E-state index is 0.122. The predicted octanol–water partition coefficient (Wildman–Crippen LogP) is 4.35. The Labute approximate surface area is 207 Å². The maximum atomic E-state index is 12.7. The minimum atomic E-state index is 0.122. The van der Waals surface area contributed by atoms with E-state index >= 15 is 0 Å². The molecule has 0 fully saturated rings. The number of anilines is 2. The van der Waals surface area contributed by atoms with Crippen molar-refractivity contribution in [2.24, 2.45) is 0 Å². The number of benzene rings is 1. The van der Waals surface area contributed by atoms with Crippen LogP contribution < -0.4 is 5.32 Å². The lowest BCUT2D eigenvalue weighted by molar-refractivity contribution is -0.192. The monoisotopic (exact) mass is 476 g/mol. The van der Waals surface area contributed by atoms with Gasteiger partial charge >= 0.3 is 0 Å². The molecule has 0 aliphatic carbocycles. The lowest BCUT2D eigenvalue weighted by Crippen LogP contribution is -2.54. The largest absolute Gasteiger partial charge is 0.324 e. The summed E-state index contributed by atoms with van der Waals surface area (Å²) in [7, 11) is 3.83. The summed E-state index contributed by atoms with van der Waals surface area (Å²) in [6, 6.07) is 6.66. The molecule has 0 spiro atoms. The first-order valence-electron chi connectivity index (χ1n) is 12.3. The van der Waals surface area contributed by atoms with E-state index in [0.717, 1.165) is 41.9 Å². The van der Waals surface area contributed by atoms with Gasteiger partial charge in [0.05, 0.1) is 11.9 Å². The average molecular weight is 477 g/mol. The van der Waals surface area contributed by atoms with Crippen LogP contribution >= 0.6 is 0 Å². The number of hydrogen-bond donors (Lipinski definition) is 1. The van der Waals surface area contributed by atoms with Gasteiger partial charge in [0.25, 0.3) is 5.91 Å². The molecular weight excluding hydrogens is 440 g/mol. The summed E-state index contributed by atoms with van der Waals surface area (Å²) in [6.45, 7) is 9.73. The molecule has 0 radical (unpaired) electrons. The molecule has 0 atom stereocenters. The second-order valence-corrected chi connectivity index (χ2v) is 9.56. The molecule has 35 heavy (non-hydrogen) atoms. The first-order chi connectivity index (χ1) is 16.8. The standard InChI is InChI=1S/C26H36N8O/c1-7-8-24(35)34(31(5)6)32-12-11-20-9-10-23(13-21(20)16-32)29-26-27-14-19(4)25(30-26)22-15-28-33(17-22)18(2)3/h9-10,13-15,17-18H,7-8,11-12,16H2,1-6H3,(H,27,29,30). The van der Waals surface area contributed by atoms with Gasteiger partial charge in [-0.2, -0.15) is 10.1 Å². The molecule has 0 bridgehead atoms. The van der Waals surface area contributed by atoms with Crippen molar-refractivity contribution in [2.45, 2.75) is 59.5 Å². The number of amides is 1. The number of nitrogens with one attached hydrogen (secondary N) is 1. The number of aryl methyl sites for hydroxylation is 1. The van der Waals surface area contributed by atoms with Gasteiger partial charge in [0, 0.05) is 63.3 Å². The van der Waals surface area contributed by atoms with Crippen molar-refractivity contribution in [3.05, 3.63) is 53.5 Å². The van der Waals surface area contributed by atoms with Gasteiger partial charge < -0.3 is 5.32 Å². The van der Waals surface area contributed by atoms with E-state index in [1.54, 1.807) is 5.12 Å². The van der Waals surface area contributed by atoms with Crippen molar-refractivity contribution in [3.63, 3.8) is 0 Å². The maximum Gasteiger partial charge on any atom is 0.251 e. The summed E-state index contributed by atoms with van der Waals surface area (Å²) in [5.41, 5.74) is 6.27. The summed E-state index contributed by atoms with van der Waals surface area (Å²) >= 11 is 0. The highest BCUT2D eigenvalue weighted by atomic mass is 16.2. The molecule has 3 aromatic rings. The Morgan fingerprint density at radius 1 is 1.20 bits per heavy atom. The second kappa shape index (κ2) is 10.5. The number of nitrogens with zero attached hydrogens (tertiary/aromatic N) is 7. The zero-order chi connectivity index (χ0) is 25.1. The highest BCUT2D eigenvalue weighted by Crippen LogP contribution is 2.27. The predicted molar refractivity (Wildman–Crippen MR) is 138 cm³/mol. The molecule has 9 nitrogen and oxygen atoms in total. The molecule has 0 saturated heterocycles. The van der Waals surface area contributed by atoms with Gasteiger partial charge in [-0.25, -0.2) is 20.1 Å². The van der Waals surface area contributed by atoms with Crippen LogP contribution in [0.4, 0.5) is 11.6 Å². The van der Waals surface area contributed by atoms with E-state index in [4.69, 9.17) is 4.98 Å². The number of carbonyl (C=O) groups is 1. The van der Waals surface area contributed by atoms with Crippen LogP contribution in [0.5, 0.6) is 0 Å². The number of rotatable bonds is 8. The van der Waals surface area contributed by atoms with E-state index in [1.165, 1.54) is 11.1 Å². The van der Waals surface area contributed by atoms with E-state index in [0.29, 0.717) is 25.0 Å². The lowest BCUT2D eigenvalue weighted by Gasteiger charge is -2.41. The van der Waals surface area contributed by atoms with Crippen LogP contribution in [0.2, 0.25) is 0 Å². The fourth-order valence-corrected chi connectivity index (χ4v) is 4.40. The number of hydrogen-bond acceptors (Lipinski definition) is 7. The topological polar surface area (TPSA) is 82.4 Å². The molecule has 1 aromatic carbocycles. The molecule has 186 valence electrons. The highest BCUT2D eigenvalue weighted by Gasteiger charge is 2.27. The van der Waals surface area contributed by atoms with Crippen LogP contribution in [-0.2, 0) is 17.8 Å². The van der Waals surface area contributed by atoms with Gasteiger partial charge in [0.1, 0.15) is 0 Å². The summed E-state index contributed by atoms with van der Waals surface area (Å²) in [5.74, 6) is 0.667. The second-order valence-electron chi connectivity index (χ2n) is 9.56. The normalized spacial score (nSPS) is 13.8. The number of carbonyl (C=O) groups excluding carboxylic acids is 1. The molecular formula is C26H36N8O. The van der Waals surface area contributed by atoms with E-state index in [1.807, 2.05) is 56.2 Å². The van der Waals surface area contributed by atoms with E-state index in [2.05, 4.69) is 52.5 Å². The number of aromatic nitrogens is 4. The van der Waals surface area contributed by atoms with Gasteiger partial charge in [0.15, 0.2) is 0 Å². The van der Waals surface area contributed by atoms with Crippen LogP contribution in [0.15, 0.2) is 36.8 Å². The first kappa shape index (κ1) is 24.8. The van der Waals surface area contributed by atoms with E-state index < -0.39 is 0 Å². The third-order valence-electron chi connectivity index (χ3n) is 6.16. The zero-order valence-corrected chi connectivity index (χ0v) is 21.6. The van der Waals surface area contributed by atoms with Crippen molar-refractivity contribution in [2.75, 3.05) is 26.0 Å². The SMILES string of the molecule is CCCC(=O)N(N(C)C)N1CCc2ccc(Nc3ncc(C)c(-c4cnn(C(C)C)c4)n3)cc2C1. The Kier molecular flexibility index (Phi) is 7.47. The molecule has 3 heterocycles. The van der Waals surface area contributed by atoms with E-state index in [9.17, 15) is 4.79 Å². The van der Waals surface area contributed by atoms with Crippen LogP contribution in [0, 0.1) is 6.92 Å². The Morgan fingerprint density at radius 3 is 2.69 bits per heavy atom. The molecule has 0 unspecified atom stereocenters. The molecule has 2 aromatic heterocycles. The molecule has 4 rings (SSSR count). The minimum Gasteiger partial charge on any atom is -0.324 e. The van der Waals surface area contributed by atoms with Gasteiger partial charge in [-0.3, -0.25) is 9.48 Å². The highest BCUT2D eigenvalue weighted by molar-refractivity contribution is 5.75. The molecule has 0 saturated carbocycles. The Hall–Kier alpha value is -3.30. The summed E-state index contributed by atoms with van der Waals surface area (Å²) in [5, 5.41) is 13.6. The molecule has 1 amide bonds. The van der Waals surface area contributed by atoms with Gasteiger partial charge in [-0.15, -0.1) is 0 Å². The van der Waals surface area contributed by atoms with Gasteiger partial charge in [-0.05, 0) is 62.4 Å². The van der Waals surface area contributed by atoms with Crippen LogP contribution in [0.25, 0.3) is 11.3 Å². The molecule has 1 N–H and O–H groups in total. The van der Waals surface area contributed by atoms with Gasteiger partial charge in [0.2, 0.25) is 5.95 Å². The van der Waals surface area contributed by atoms with Crippen molar-refractivity contribution in [1.82, 2.24) is 34.9 Å². The van der Waals surface area contributed by atoms with Crippen molar-refractivity contribution < 1.29 is 4.79 Å². The number of fused-ring (bicyclic) bond motifs is 1. The third-order valence-corrected chi connectivity index (χ3v) is 6.16. The third kappa shape index (κ3) is 5.52. The van der Waals surface area contributed by atoms with Gasteiger partial charge in [-0.1, -0.05) is 13.0 Å². The Bertz CT molecular complexity index is 1190. The maximum absolute atomic E-state index is 12.7. The van der Waals surface area contributed by atoms with E-state index in [-0.39, 0.29) is 5.91 Å².